The number of piperazine rings is 1. The van der Waals surface area contributed by atoms with Crippen molar-refractivity contribution in [3.8, 4) is 0 Å². The zero-order valence-electron chi connectivity index (χ0n) is 13.6. The number of nitrogens with zero attached hydrogens (tertiary/aromatic N) is 4. The van der Waals surface area contributed by atoms with E-state index in [4.69, 9.17) is 4.52 Å². The van der Waals surface area contributed by atoms with Gasteiger partial charge in [0.05, 0.1) is 11.3 Å². The van der Waals surface area contributed by atoms with Crippen molar-refractivity contribution in [2.24, 2.45) is 4.99 Å². The third-order valence-electron chi connectivity index (χ3n) is 4.62. The molecule has 1 aromatic heterocycles. The van der Waals surface area contributed by atoms with Gasteiger partial charge in [0.25, 0.3) is 0 Å². The summed E-state index contributed by atoms with van der Waals surface area (Å²) in [5.74, 6) is 0.890. The molecule has 23 heavy (non-hydrogen) atoms. The predicted molar refractivity (Wildman–Crippen MR) is 98.9 cm³/mol. The molecular weight excluding hydrogens is 409 g/mol. The third-order valence-corrected chi connectivity index (χ3v) is 4.62. The van der Waals surface area contributed by atoms with Gasteiger partial charge in [0.2, 0.25) is 0 Å². The van der Waals surface area contributed by atoms with Crippen molar-refractivity contribution in [1.82, 2.24) is 20.3 Å². The van der Waals surface area contributed by atoms with Crippen LogP contribution in [0.3, 0.4) is 0 Å². The van der Waals surface area contributed by atoms with E-state index in [1.165, 1.54) is 0 Å². The predicted octanol–water partition coefficient (Wildman–Crippen LogP) is 0.901. The molecule has 0 radical (unpaired) electrons. The van der Waals surface area contributed by atoms with Gasteiger partial charge in [-0.15, -0.1) is 24.0 Å². The molecule has 0 spiro atoms. The van der Waals surface area contributed by atoms with Crippen LogP contribution in [-0.2, 0) is 6.54 Å². The number of rotatable bonds is 4. The number of hydrogen-bond acceptors (Lipinski definition) is 5. The van der Waals surface area contributed by atoms with Crippen LogP contribution in [0.15, 0.2) is 21.8 Å². The summed E-state index contributed by atoms with van der Waals surface area (Å²) >= 11 is 0. The number of hydrogen-bond donors (Lipinski definition) is 2. The van der Waals surface area contributed by atoms with Crippen molar-refractivity contribution in [1.29, 1.82) is 0 Å². The summed E-state index contributed by atoms with van der Waals surface area (Å²) in [6, 6.07) is 1.91. The number of nitrogens with one attached hydrogen (secondary N) is 1. The molecule has 0 amide bonds. The van der Waals surface area contributed by atoms with Gasteiger partial charge in [-0.05, 0) is 19.3 Å². The van der Waals surface area contributed by atoms with Crippen LogP contribution >= 0.6 is 24.0 Å². The van der Waals surface area contributed by atoms with Gasteiger partial charge in [0.15, 0.2) is 5.96 Å². The maximum atomic E-state index is 10.2. The van der Waals surface area contributed by atoms with Gasteiger partial charge in [-0.2, -0.15) is 0 Å². The summed E-state index contributed by atoms with van der Waals surface area (Å²) < 4.78 is 4.87. The van der Waals surface area contributed by atoms with E-state index in [2.05, 4.69) is 25.3 Å². The van der Waals surface area contributed by atoms with Crippen LogP contribution in [0, 0.1) is 0 Å². The molecule has 2 fully saturated rings. The van der Waals surface area contributed by atoms with Crippen LogP contribution in [0.5, 0.6) is 0 Å². The molecular formula is C15H26IN5O2. The number of aliphatic imine (C=N–C) groups is 1. The van der Waals surface area contributed by atoms with Gasteiger partial charge in [0, 0.05) is 52.4 Å². The Kier molecular flexibility index (Phi) is 6.66. The van der Waals surface area contributed by atoms with Gasteiger partial charge < -0.3 is 19.8 Å². The Balaban J connectivity index is 0.00000192. The lowest BCUT2D eigenvalue weighted by Gasteiger charge is -2.40. The van der Waals surface area contributed by atoms with E-state index in [9.17, 15) is 5.11 Å². The van der Waals surface area contributed by atoms with Crippen molar-refractivity contribution in [3.63, 3.8) is 0 Å². The normalized spacial score (nSPS) is 21.5. The molecule has 3 rings (SSSR count). The molecule has 130 valence electrons. The molecule has 1 saturated carbocycles. The molecule has 2 aliphatic rings. The molecule has 1 saturated heterocycles. The summed E-state index contributed by atoms with van der Waals surface area (Å²) in [7, 11) is 1.80. The van der Waals surface area contributed by atoms with E-state index in [0.717, 1.165) is 63.6 Å². The molecule has 1 aliphatic heterocycles. The summed E-state index contributed by atoms with van der Waals surface area (Å²) in [6.07, 6.45) is 4.52. The zero-order valence-corrected chi connectivity index (χ0v) is 15.9. The molecule has 0 atom stereocenters. The van der Waals surface area contributed by atoms with Crippen molar-refractivity contribution < 1.29 is 9.63 Å². The average molecular weight is 435 g/mol. The van der Waals surface area contributed by atoms with Crippen LogP contribution in [0.25, 0.3) is 0 Å². The van der Waals surface area contributed by atoms with E-state index in [-0.39, 0.29) is 24.0 Å². The Bertz CT molecular complexity index is 496. The van der Waals surface area contributed by atoms with Crippen molar-refractivity contribution >= 4 is 29.9 Å². The van der Waals surface area contributed by atoms with Crippen LogP contribution in [0.4, 0.5) is 0 Å². The topological polar surface area (TPSA) is 77.1 Å². The van der Waals surface area contributed by atoms with Crippen molar-refractivity contribution in [3.05, 3.63) is 18.0 Å². The highest BCUT2D eigenvalue weighted by Gasteiger charge is 2.34. The largest absolute Gasteiger partial charge is 0.388 e. The fourth-order valence-corrected chi connectivity index (χ4v) is 3.00. The minimum Gasteiger partial charge on any atom is -0.388 e. The molecule has 0 unspecified atom stereocenters. The van der Waals surface area contributed by atoms with E-state index in [1.807, 2.05) is 6.07 Å². The Morgan fingerprint density at radius 1 is 1.39 bits per heavy atom. The van der Waals surface area contributed by atoms with Gasteiger partial charge >= 0.3 is 0 Å². The van der Waals surface area contributed by atoms with Crippen molar-refractivity contribution in [2.45, 2.75) is 31.4 Å². The quantitative estimate of drug-likeness (QED) is 0.416. The maximum absolute atomic E-state index is 10.2. The first kappa shape index (κ1) is 18.5. The summed E-state index contributed by atoms with van der Waals surface area (Å²) in [5, 5.41) is 17.5. The van der Waals surface area contributed by atoms with E-state index < -0.39 is 5.60 Å². The molecule has 2 heterocycles. The molecule has 8 heteroatoms. The minimum absolute atomic E-state index is 0. The second-order valence-corrected chi connectivity index (χ2v) is 6.23. The standard InChI is InChI=1S/C15H25N5O2.HI/c1-16-14(17-12-15(21)4-2-5-15)20-8-6-19(7-9-20)11-13-3-10-22-18-13;/h3,10,21H,2,4-9,11-12H2,1H3,(H,16,17);1H. The zero-order chi connectivity index (χ0) is 15.4. The van der Waals surface area contributed by atoms with Gasteiger partial charge in [0.1, 0.15) is 6.26 Å². The van der Waals surface area contributed by atoms with E-state index in [1.54, 1.807) is 13.3 Å². The van der Waals surface area contributed by atoms with Gasteiger partial charge in [-0.25, -0.2) is 0 Å². The first-order valence-electron chi connectivity index (χ1n) is 7.98. The second-order valence-electron chi connectivity index (χ2n) is 6.23. The Morgan fingerprint density at radius 3 is 2.65 bits per heavy atom. The highest BCUT2D eigenvalue weighted by Crippen LogP contribution is 2.30. The maximum Gasteiger partial charge on any atom is 0.193 e. The van der Waals surface area contributed by atoms with Crippen LogP contribution in [0.1, 0.15) is 25.0 Å². The highest BCUT2D eigenvalue weighted by molar-refractivity contribution is 14.0. The Morgan fingerprint density at radius 2 is 2.13 bits per heavy atom. The first-order chi connectivity index (χ1) is 10.7. The Labute approximate surface area is 154 Å². The number of guanidine groups is 1. The molecule has 1 aliphatic carbocycles. The number of halogens is 1. The third kappa shape index (κ3) is 4.80. The lowest BCUT2D eigenvalue weighted by molar-refractivity contribution is -0.0284. The van der Waals surface area contributed by atoms with Crippen molar-refractivity contribution in [2.75, 3.05) is 39.8 Å². The average Bonchev–Trinajstić information content (AvgIpc) is 3.00. The fraction of sp³-hybridized carbons (Fsp3) is 0.733. The van der Waals surface area contributed by atoms with E-state index in [0.29, 0.717) is 6.54 Å². The molecule has 1 aromatic rings. The van der Waals surface area contributed by atoms with E-state index >= 15 is 0 Å². The lowest BCUT2D eigenvalue weighted by Crippen LogP contribution is -2.55. The molecule has 2 N–H and O–H groups in total. The lowest BCUT2D eigenvalue weighted by atomic mass is 9.80. The number of aromatic nitrogens is 1. The van der Waals surface area contributed by atoms with Crippen LogP contribution in [-0.4, -0.2) is 71.4 Å². The molecule has 0 bridgehead atoms. The molecule has 7 nitrogen and oxygen atoms in total. The van der Waals surface area contributed by atoms with Crippen LogP contribution < -0.4 is 5.32 Å². The first-order valence-corrected chi connectivity index (χ1v) is 7.98. The summed E-state index contributed by atoms with van der Waals surface area (Å²) in [5.41, 5.74) is 0.452. The van der Waals surface area contributed by atoms with Gasteiger partial charge in [-0.3, -0.25) is 9.89 Å². The monoisotopic (exact) mass is 435 g/mol. The minimum atomic E-state index is -0.523. The molecule has 0 aromatic carbocycles. The smallest absolute Gasteiger partial charge is 0.193 e. The Hall–Kier alpha value is -0.870. The number of aliphatic hydroxyl groups is 1. The highest BCUT2D eigenvalue weighted by atomic mass is 127. The second kappa shape index (κ2) is 8.29. The summed E-state index contributed by atoms with van der Waals surface area (Å²) in [4.78, 5) is 8.96. The fourth-order valence-electron chi connectivity index (χ4n) is 3.00. The van der Waals surface area contributed by atoms with Crippen LogP contribution in [0.2, 0.25) is 0 Å². The SMILES string of the molecule is CN=C(NCC1(O)CCC1)N1CCN(Cc2ccon2)CC1.I. The van der Waals surface area contributed by atoms with Gasteiger partial charge in [-0.1, -0.05) is 5.16 Å². The summed E-state index contributed by atoms with van der Waals surface area (Å²) in [6.45, 7) is 5.22.